The van der Waals surface area contributed by atoms with Gasteiger partial charge in [0.05, 0.1) is 6.61 Å². The van der Waals surface area contributed by atoms with Crippen LogP contribution in [-0.4, -0.2) is 18.7 Å². The molecule has 0 heterocycles. The molecule has 0 atom stereocenters. The molecule has 2 saturated carbocycles. The highest BCUT2D eigenvalue weighted by Gasteiger charge is 2.31. The molecule has 5 heteroatoms. The summed E-state index contributed by atoms with van der Waals surface area (Å²) < 4.78 is 19.0. The molecular weight excluding hydrogens is 283 g/mol. The van der Waals surface area contributed by atoms with Crippen LogP contribution in [0.1, 0.15) is 84.0 Å². The highest BCUT2D eigenvalue weighted by atomic mass is 31.2. The van der Waals surface area contributed by atoms with E-state index >= 15 is 0 Å². The first-order valence-corrected chi connectivity index (χ1v) is 10.6. The molecule has 2 aliphatic rings. The van der Waals surface area contributed by atoms with Crippen molar-refractivity contribution in [2.24, 2.45) is 0 Å². The van der Waals surface area contributed by atoms with Crippen LogP contribution in [-0.2, 0) is 9.09 Å². The van der Waals surface area contributed by atoms with Crippen molar-refractivity contribution >= 4 is 7.67 Å². The van der Waals surface area contributed by atoms with Gasteiger partial charge >= 0.3 is 7.67 Å². The van der Waals surface area contributed by atoms with Crippen LogP contribution in [0, 0.1) is 0 Å². The van der Waals surface area contributed by atoms with Crippen LogP contribution in [0.25, 0.3) is 0 Å². The van der Waals surface area contributed by atoms with Gasteiger partial charge in [-0.3, -0.25) is 4.57 Å². The largest absolute Gasteiger partial charge is 0.341 e. The van der Waals surface area contributed by atoms with Gasteiger partial charge in [-0.15, -0.1) is 0 Å². The average Bonchev–Trinajstić information content (AvgIpc) is 2.49. The van der Waals surface area contributed by atoms with E-state index in [2.05, 4.69) is 17.1 Å². The average molecular weight is 316 g/mol. The lowest BCUT2D eigenvalue weighted by atomic mass is 9.96. The molecule has 124 valence electrons. The predicted octanol–water partition coefficient (Wildman–Crippen LogP) is 4.76. The first-order chi connectivity index (χ1) is 10.2. The van der Waals surface area contributed by atoms with E-state index in [-0.39, 0.29) is 0 Å². The topological polar surface area (TPSA) is 50.4 Å². The minimum atomic E-state index is -2.89. The molecule has 2 fully saturated rings. The molecule has 0 aromatic rings. The van der Waals surface area contributed by atoms with Crippen molar-refractivity contribution in [3.8, 4) is 0 Å². The van der Waals surface area contributed by atoms with Gasteiger partial charge in [-0.2, -0.15) is 0 Å². The van der Waals surface area contributed by atoms with E-state index in [1.807, 2.05) is 0 Å². The molecule has 0 unspecified atom stereocenters. The third-order valence-electron chi connectivity index (χ3n) is 4.69. The number of nitrogens with one attached hydrogen (secondary N) is 2. The van der Waals surface area contributed by atoms with Gasteiger partial charge in [0.15, 0.2) is 0 Å². The Hall–Kier alpha value is 0.110. The summed E-state index contributed by atoms with van der Waals surface area (Å²) in [7, 11) is -2.89. The Morgan fingerprint density at radius 3 is 1.81 bits per heavy atom. The smallest absolute Gasteiger partial charge is 0.306 e. The fraction of sp³-hybridized carbons (Fsp3) is 1.00. The summed E-state index contributed by atoms with van der Waals surface area (Å²) in [5.74, 6) is 0. The zero-order valence-corrected chi connectivity index (χ0v) is 14.5. The lowest BCUT2D eigenvalue weighted by molar-refractivity contribution is 0.269. The van der Waals surface area contributed by atoms with Crippen molar-refractivity contribution in [1.82, 2.24) is 10.2 Å². The van der Waals surface area contributed by atoms with E-state index in [0.717, 1.165) is 38.5 Å². The Labute approximate surface area is 130 Å². The van der Waals surface area contributed by atoms with Crippen molar-refractivity contribution in [3.63, 3.8) is 0 Å². The fourth-order valence-corrected chi connectivity index (χ4v) is 5.48. The summed E-state index contributed by atoms with van der Waals surface area (Å²) in [5.41, 5.74) is 0. The van der Waals surface area contributed by atoms with E-state index in [9.17, 15) is 4.57 Å². The molecule has 0 amide bonds. The number of hydrogen-bond acceptors (Lipinski definition) is 2. The maximum Gasteiger partial charge on any atom is 0.341 e. The van der Waals surface area contributed by atoms with Gasteiger partial charge < -0.3 is 4.52 Å². The predicted molar refractivity (Wildman–Crippen MR) is 88.5 cm³/mol. The van der Waals surface area contributed by atoms with Crippen LogP contribution < -0.4 is 10.2 Å². The molecule has 0 spiro atoms. The number of unbranched alkanes of at least 4 members (excludes halogenated alkanes) is 1. The second-order valence-electron chi connectivity index (χ2n) is 6.67. The van der Waals surface area contributed by atoms with Crippen LogP contribution >= 0.6 is 7.67 Å². The molecular formula is C16H33N2O2P. The summed E-state index contributed by atoms with van der Waals surface area (Å²) in [6, 6.07) is 0.726. The van der Waals surface area contributed by atoms with Crippen LogP contribution in [0.2, 0.25) is 0 Å². The third-order valence-corrected chi connectivity index (χ3v) is 6.64. The highest BCUT2D eigenvalue weighted by molar-refractivity contribution is 7.54. The van der Waals surface area contributed by atoms with E-state index in [1.54, 1.807) is 0 Å². The highest BCUT2D eigenvalue weighted by Crippen LogP contribution is 2.42. The van der Waals surface area contributed by atoms with Gasteiger partial charge in [-0.05, 0) is 32.1 Å². The SMILES string of the molecule is CCCCOP(=O)(NC1CCCCC1)NC1CCCCC1. The molecule has 0 radical (unpaired) electrons. The van der Waals surface area contributed by atoms with Gasteiger partial charge in [0.2, 0.25) is 0 Å². The third kappa shape index (κ3) is 6.40. The lowest BCUT2D eigenvalue weighted by Crippen LogP contribution is -2.39. The quantitative estimate of drug-likeness (QED) is 0.501. The molecule has 21 heavy (non-hydrogen) atoms. The van der Waals surface area contributed by atoms with Crippen LogP contribution in [0.3, 0.4) is 0 Å². The normalized spacial score (nSPS) is 22.5. The van der Waals surface area contributed by atoms with E-state index in [1.165, 1.54) is 38.5 Å². The van der Waals surface area contributed by atoms with E-state index in [0.29, 0.717) is 18.7 Å². The Balaban J connectivity index is 1.89. The maximum atomic E-state index is 13.2. The van der Waals surface area contributed by atoms with Crippen LogP contribution in [0.4, 0.5) is 0 Å². The fourth-order valence-electron chi connectivity index (χ4n) is 3.39. The molecule has 0 aromatic heterocycles. The number of hydrogen-bond donors (Lipinski definition) is 2. The Kier molecular flexibility index (Phi) is 7.73. The minimum absolute atomic E-state index is 0.363. The van der Waals surface area contributed by atoms with E-state index < -0.39 is 7.67 Å². The zero-order valence-electron chi connectivity index (χ0n) is 13.6. The molecule has 0 aliphatic heterocycles. The van der Waals surface area contributed by atoms with Crippen molar-refractivity contribution in [2.75, 3.05) is 6.61 Å². The van der Waals surface area contributed by atoms with Crippen molar-refractivity contribution in [3.05, 3.63) is 0 Å². The minimum Gasteiger partial charge on any atom is -0.306 e. The Morgan fingerprint density at radius 1 is 0.905 bits per heavy atom. The summed E-state index contributed by atoms with van der Waals surface area (Å²) in [6.45, 7) is 2.73. The molecule has 0 aromatic carbocycles. The standard InChI is InChI=1S/C16H33N2O2P/c1-2-3-14-20-21(19,17-15-10-6-4-7-11-15)18-16-12-8-5-9-13-16/h15-16H,2-14H2,1H3,(H2,17,18,19). The lowest BCUT2D eigenvalue weighted by Gasteiger charge is -2.32. The zero-order chi connectivity index (χ0) is 15.0. The monoisotopic (exact) mass is 316 g/mol. The van der Waals surface area contributed by atoms with E-state index in [4.69, 9.17) is 4.52 Å². The Bertz CT molecular complexity index is 302. The van der Waals surface area contributed by atoms with Crippen LogP contribution in [0.5, 0.6) is 0 Å². The number of rotatable bonds is 8. The maximum absolute atomic E-state index is 13.2. The summed E-state index contributed by atoms with van der Waals surface area (Å²) in [6.07, 6.45) is 14.2. The van der Waals surface area contributed by atoms with Gasteiger partial charge in [0, 0.05) is 12.1 Å². The van der Waals surface area contributed by atoms with Crippen LogP contribution in [0.15, 0.2) is 0 Å². The summed E-state index contributed by atoms with van der Waals surface area (Å²) >= 11 is 0. The van der Waals surface area contributed by atoms with Gasteiger partial charge in [-0.1, -0.05) is 51.9 Å². The second-order valence-corrected chi connectivity index (χ2v) is 8.54. The van der Waals surface area contributed by atoms with Crippen molar-refractivity contribution < 1.29 is 9.09 Å². The molecule has 2 rings (SSSR count). The summed E-state index contributed by atoms with van der Waals surface area (Å²) in [4.78, 5) is 0. The van der Waals surface area contributed by atoms with Crippen molar-refractivity contribution in [2.45, 2.75) is 96.1 Å². The van der Waals surface area contributed by atoms with Gasteiger partial charge in [0.25, 0.3) is 0 Å². The molecule has 2 aliphatic carbocycles. The molecule has 0 saturated heterocycles. The van der Waals surface area contributed by atoms with Gasteiger partial charge in [0.1, 0.15) is 0 Å². The summed E-state index contributed by atoms with van der Waals surface area (Å²) in [5, 5.41) is 6.72. The molecule has 2 N–H and O–H groups in total. The van der Waals surface area contributed by atoms with Crippen molar-refractivity contribution in [1.29, 1.82) is 0 Å². The Morgan fingerprint density at radius 2 is 1.38 bits per heavy atom. The molecule has 4 nitrogen and oxygen atoms in total. The van der Waals surface area contributed by atoms with Gasteiger partial charge in [-0.25, -0.2) is 10.2 Å². The first kappa shape index (κ1) is 17.5. The first-order valence-electron chi connectivity index (χ1n) is 9.02. The molecule has 0 bridgehead atoms. The second kappa shape index (κ2) is 9.29.